The average molecular weight is 464 g/mol. The number of thiophene rings is 1. The zero-order valence-electron chi connectivity index (χ0n) is 18.3. The highest BCUT2D eigenvalue weighted by Crippen LogP contribution is 2.39. The Morgan fingerprint density at radius 1 is 1.12 bits per heavy atom. The Balaban J connectivity index is 0.000000312. The van der Waals surface area contributed by atoms with Crippen molar-refractivity contribution in [2.45, 2.75) is 70.5 Å². The summed E-state index contributed by atoms with van der Waals surface area (Å²) in [5.41, 5.74) is 1.09. The third kappa shape index (κ3) is 7.06. The lowest BCUT2D eigenvalue weighted by Crippen LogP contribution is -2.36. The van der Waals surface area contributed by atoms with Gasteiger partial charge in [-0.3, -0.25) is 4.90 Å². The van der Waals surface area contributed by atoms with Crippen LogP contribution < -0.4 is 0 Å². The summed E-state index contributed by atoms with van der Waals surface area (Å²) in [4.78, 5) is 33.3. The number of carboxylic acids is 2. The molecule has 0 radical (unpaired) electrons. The van der Waals surface area contributed by atoms with Gasteiger partial charge in [0.05, 0.1) is 5.69 Å². The van der Waals surface area contributed by atoms with Crippen molar-refractivity contribution in [1.29, 1.82) is 0 Å². The van der Waals surface area contributed by atoms with Crippen LogP contribution in [-0.2, 0) is 16.1 Å². The third-order valence-electron chi connectivity index (χ3n) is 5.80. The van der Waals surface area contributed by atoms with E-state index >= 15 is 0 Å². The number of likely N-dealkylation sites (tertiary alicyclic amines) is 1. The number of carboxylic acid groups (broad SMARTS) is 2. The SMILES string of the molecule is Cc1nc(CN2CCCC(F)C2)c2cc(C3CCCCC3)sc2n1.O=C(O)/C=C/C(=O)O. The molecule has 9 heteroatoms. The van der Waals surface area contributed by atoms with Crippen LogP contribution in [0.15, 0.2) is 18.2 Å². The zero-order chi connectivity index (χ0) is 23.1. The van der Waals surface area contributed by atoms with Crippen molar-refractivity contribution in [3.05, 3.63) is 34.6 Å². The molecule has 3 heterocycles. The summed E-state index contributed by atoms with van der Waals surface area (Å²) in [6.07, 6.45) is 8.79. The van der Waals surface area contributed by atoms with Crippen LogP contribution in [0, 0.1) is 6.92 Å². The fourth-order valence-electron chi connectivity index (χ4n) is 4.32. The Morgan fingerprint density at radius 2 is 1.81 bits per heavy atom. The van der Waals surface area contributed by atoms with Crippen LogP contribution in [-0.4, -0.2) is 56.3 Å². The smallest absolute Gasteiger partial charge is 0.328 e. The van der Waals surface area contributed by atoms with Gasteiger partial charge in [0.15, 0.2) is 0 Å². The van der Waals surface area contributed by atoms with Gasteiger partial charge in [0.25, 0.3) is 0 Å². The van der Waals surface area contributed by atoms with Gasteiger partial charge in [0.2, 0.25) is 0 Å². The second kappa shape index (κ2) is 11.5. The number of nitrogens with zero attached hydrogens (tertiary/aromatic N) is 3. The molecular formula is C23H30FN3O4S. The molecule has 4 rings (SSSR count). The topological polar surface area (TPSA) is 104 Å². The number of aromatic nitrogens is 2. The quantitative estimate of drug-likeness (QED) is 0.620. The molecule has 0 bridgehead atoms. The number of piperidine rings is 1. The first-order chi connectivity index (χ1) is 15.3. The normalized spacial score (nSPS) is 20.2. The minimum absolute atomic E-state index is 0.546. The van der Waals surface area contributed by atoms with E-state index in [1.165, 1.54) is 42.4 Å². The maximum Gasteiger partial charge on any atom is 0.328 e. The van der Waals surface area contributed by atoms with Crippen molar-refractivity contribution in [1.82, 2.24) is 14.9 Å². The Morgan fingerprint density at radius 3 is 2.44 bits per heavy atom. The summed E-state index contributed by atoms with van der Waals surface area (Å²) in [6, 6.07) is 2.33. The molecule has 0 amide bonds. The number of aryl methyl sites for hydroxylation is 1. The monoisotopic (exact) mass is 463 g/mol. The van der Waals surface area contributed by atoms with Crippen molar-refractivity contribution in [3.63, 3.8) is 0 Å². The summed E-state index contributed by atoms with van der Waals surface area (Å²) in [6.45, 7) is 4.24. The van der Waals surface area contributed by atoms with Gasteiger partial charge >= 0.3 is 11.9 Å². The molecule has 1 saturated heterocycles. The van der Waals surface area contributed by atoms with E-state index in [9.17, 15) is 14.0 Å². The van der Waals surface area contributed by atoms with Gasteiger partial charge in [-0.1, -0.05) is 19.3 Å². The second-order valence-electron chi connectivity index (χ2n) is 8.40. The van der Waals surface area contributed by atoms with Crippen molar-refractivity contribution in [2.75, 3.05) is 13.1 Å². The maximum absolute atomic E-state index is 13.7. The summed E-state index contributed by atoms with van der Waals surface area (Å²) in [5.74, 6) is -0.973. The van der Waals surface area contributed by atoms with Crippen LogP contribution in [0.4, 0.5) is 4.39 Å². The van der Waals surface area contributed by atoms with E-state index in [-0.39, 0.29) is 0 Å². The van der Waals surface area contributed by atoms with Crippen molar-refractivity contribution < 1.29 is 24.2 Å². The number of hydrogen-bond acceptors (Lipinski definition) is 6. The molecule has 1 atom stereocenters. The molecule has 7 nitrogen and oxygen atoms in total. The van der Waals surface area contributed by atoms with Gasteiger partial charge < -0.3 is 10.2 Å². The third-order valence-corrected chi connectivity index (χ3v) is 6.99. The Hall–Kier alpha value is -2.39. The first kappa shape index (κ1) is 24.3. The molecule has 1 unspecified atom stereocenters. The van der Waals surface area contributed by atoms with Crippen LogP contribution in [0.2, 0.25) is 0 Å². The van der Waals surface area contributed by atoms with E-state index in [0.29, 0.717) is 31.0 Å². The molecule has 0 aromatic carbocycles. The lowest BCUT2D eigenvalue weighted by molar-refractivity contribution is -0.134. The highest BCUT2D eigenvalue weighted by molar-refractivity contribution is 7.18. The molecular weight excluding hydrogens is 433 g/mol. The average Bonchev–Trinajstić information content (AvgIpc) is 3.18. The van der Waals surface area contributed by atoms with Gasteiger partial charge in [-0.15, -0.1) is 11.3 Å². The molecule has 1 aliphatic carbocycles. The van der Waals surface area contributed by atoms with Gasteiger partial charge in [-0.2, -0.15) is 0 Å². The van der Waals surface area contributed by atoms with Crippen LogP contribution in [0.25, 0.3) is 10.2 Å². The van der Waals surface area contributed by atoms with E-state index in [4.69, 9.17) is 15.2 Å². The maximum atomic E-state index is 13.7. The van der Waals surface area contributed by atoms with Crippen LogP contribution >= 0.6 is 11.3 Å². The Labute approximate surface area is 191 Å². The second-order valence-corrected chi connectivity index (χ2v) is 9.47. The van der Waals surface area contributed by atoms with E-state index in [1.54, 1.807) is 0 Å². The number of alkyl halides is 1. The van der Waals surface area contributed by atoms with E-state index < -0.39 is 18.1 Å². The lowest BCUT2D eigenvalue weighted by Gasteiger charge is -2.28. The number of halogens is 1. The minimum atomic E-state index is -1.26. The number of aliphatic carboxylic acids is 2. The number of fused-ring (bicyclic) bond motifs is 1. The molecule has 174 valence electrons. The first-order valence-corrected chi connectivity index (χ1v) is 11.9. The van der Waals surface area contributed by atoms with Crippen molar-refractivity contribution >= 4 is 33.5 Å². The van der Waals surface area contributed by atoms with Gasteiger partial charge in [-0.05, 0) is 51.1 Å². The molecule has 32 heavy (non-hydrogen) atoms. The summed E-state index contributed by atoms with van der Waals surface area (Å²) in [5, 5.41) is 16.8. The molecule has 0 spiro atoms. The lowest BCUT2D eigenvalue weighted by atomic mass is 9.88. The molecule has 2 fully saturated rings. The van der Waals surface area contributed by atoms with E-state index in [0.717, 1.165) is 35.9 Å². The minimum Gasteiger partial charge on any atom is -0.478 e. The van der Waals surface area contributed by atoms with Crippen LogP contribution in [0.1, 0.15) is 67.3 Å². The number of carbonyl (C=O) groups is 2. The van der Waals surface area contributed by atoms with Gasteiger partial charge in [-0.25, -0.2) is 23.9 Å². The highest BCUT2D eigenvalue weighted by Gasteiger charge is 2.23. The Kier molecular flexibility index (Phi) is 8.69. The summed E-state index contributed by atoms with van der Waals surface area (Å²) >= 11 is 1.85. The number of rotatable bonds is 5. The van der Waals surface area contributed by atoms with Crippen LogP contribution in [0.3, 0.4) is 0 Å². The predicted octanol–water partition coefficient (Wildman–Crippen LogP) is 4.69. The van der Waals surface area contributed by atoms with Crippen molar-refractivity contribution in [2.24, 2.45) is 0 Å². The fourth-order valence-corrected chi connectivity index (χ4v) is 5.59. The first-order valence-electron chi connectivity index (χ1n) is 11.1. The van der Waals surface area contributed by atoms with Crippen molar-refractivity contribution in [3.8, 4) is 0 Å². The number of hydrogen-bond donors (Lipinski definition) is 2. The molecule has 2 N–H and O–H groups in total. The van der Waals surface area contributed by atoms with Gasteiger partial charge in [0.1, 0.15) is 16.8 Å². The molecule has 2 aliphatic rings. The molecule has 2 aromatic rings. The Bertz CT molecular complexity index is 956. The molecule has 1 saturated carbocycles. The standard InChI is InChI=1S/C19H26FN3S.C4H4O4/c1-13-21-17(12-23-9-5-8-15(20)11-23)16-10-18(24-19(16)22-13)14-6-3-2-4-7-14;5-3(6)1-2-4(7)8/h10,14-15H,2-9,11-12H2,1H3;1-2H,(H,5,6)(H,7,8)/b;2-1+. The van der Waals surface area contributed by atoms with Crippen LogP contribution in [0.5, 0.6) is 0 Å². The largest absolute Gasteiger partial charge is 0.478 e. The summed E-state index contributed by atoms with van der Waals surface area (Å²) in [7, 11) is 0. The van der Waals surface area contributed by atoms with Gasteiger partial charge in [0, 0.05) is 35.5 Å². The van der Waals surface area contributed by atoms with E-state index in [1.807, 2.05) is 18.3 Å². The molecule has 1 aliphatic heterocycles. The molecule has 2 aromatic heterocycles. The zero-order valence-corrected chi connectivity index (χ0v) is 19.1. The summed E-state index contributed by atoms with van der Waals surface area (Å²) < 4.78 is 13.7. The fraction of sp³-hybridized carbons (Fsp3) is 0.565. The predicted molar refractivity (Wildman–Crippen MR) is 122 cm³/mol. The van der Waals surface area contributed by atoms with E-state index in [2.05, 4.69) is 16.0 Å². The highest BCUT2D eigenvalue weighted by atomic mass is 32.1.